The summed E-state index contributed by atoms with van der Waals surface area (Å²) in [6.07, 6.45) is 1.71. The lowest BCUT2D eigenvalue weighted by atomic mass is 9.89. The fourth-order valence-corrected chi connectivity index (χ4v) is 2.70. The number of piperidine rings is 1. The Morgan fingerprint density at radius 3 is 2.95 bits per heavy atom. The summed E-state index contributed by atoms with van der Waals surface area (Å²) in [7, 11) is 0. The SMILES string of the molecule is CC1CCN(CCC(=O)Nc2cccc(C#N)c2)CC1C. The highest BCUT2D eigenvalue weighted by molar-refractivity contribution is 5.90. The van der Waals surface area contributed by atoms with E-state index in [4.69, 9.17) is 5.26 Å². The lowest BCUT2D eigenvalue weighted by molar-refractivity contribution is -0.116. The Bertz CT molecular complexity index is 535. The number of nitrogens with zero attached hydrogens (tertiary/aromatic N) is 2. The highest BCUT2D eigenvalue weighted by atomic mass is 16.1. The molecule has 2 atom stereocenters. The van der Waals surface area contributed by atoms with Crippen molar-refractivity contribution < 1.29 is 4.79 Å². The van der Waals surface area contributed by atoms with Gasteiger partial charge in [-0.05, 0) is 43.0 Å². The minimum atomic E-state index is 0.0105. The highest BCUT2D eigenvalue weighted by Crippen LogP contribution is 2.22. The zero-order chi connectivity index (χ0) is 15.2. The first kappa shape index (κ1) is 15.5. The molecule has 0 saturated carbocycles. The van der Waals surface area contributed by atoms with E-state index in [-0.39, 0.29) is 5.91 Å². The van der Waals surface area contributed by atoms with E-state index in [0.717, 1.165) is 25.6 Å². The Morgan fingerprint density at radius 2 is 2.24 bits per heavy atom. The number of benzene rings is 1. The van der Waals surface area contributed by atoms with Gasteiger partial charge in [0.15, 0.2) is 0 Å². The predicted octanol–water partition coefficient (Wildman–Crippen LogP) is 2.86. The minimum absolute atomic E-state index is 0.0105. The minimum Gasteiger partial charge on any atom is -0.326 e. The summed E-state index contributed by atoms with van der Waals surface area (Å²) in [5, 5.41) is 11.7. The molecule has 1 aliphatic rings. The summed E-state index contributed by atoms with van der Waals surface area (Å²) in [4.78, 5) is 14.4. The molecule has 2 rings (SSSR count). The summed E-state index contributed by atoms with van der Waals surface area (Å²) < 4.78 is 0. The maximum Gasteiger partial charge on any atom is 0.225 e. The Kier molecular flexibility index (Phi) is 5.35. The Hall–Kier alpha value is -1.86. The van der Waals surface area contributed by atoms with Crippen molar-refractivity contribution in [2.75, 3.05) is 25.0 Å². The van der Waals surface area contributed by atoms with Crippen molar-refractivity contribution in [3.63, 3.8) is 0 Å². The van der Waals surface area contributed by atoms with Crippen LogP contribution >= 0.6 is 0 Å². The molecule has 4 heteroatoms. The first-order valence-corrected chi connectivity index (χ1v) is 7.61. The number of amides is 1. The van der Waals surface area contributed by atoms with Crippen LogP contribution in [-0.2, 0) is 4.79 Å². The second kappa shape index (κ2) is 7.24. The van der Waals surface area contributed by atoms with E-state index in [1.54, 1.807) is 18.2 Å². The average molecular weight is 285 g/mol. The fraction of sp³-hybridized carbons (Fsp3) is 0.529. The molecule has 4 nitrogen and oxygen atoms in total. The van der Waals surface area contributed by atoms with Crippen LogP contribution in [0.1, 0.15) is 32.3 Å². The van der Waals surface area contributed by atoms with Crippen LogP contribution < -0.4 is 5.32 Å². The van der Waals surface area contributed by atoms with Crippen molar-refractivity contribution in [3.05, 3.63) is 29.8 Å². The number of carbonyl (C=O) groups is 1. The molecule has 1 saturated heterocycles. The number of likely N-dealkylation sites (tertiary alicyclic amines) is 1. The molecular formula is C17H23N3O. The van der Waals surface area contributed by atoms with Crippen molar-refractivity contribution in [2.45, 2.75) is 26.7 Å². The molecule has 0 aliphatic carbocycles. The van der Waals surface area contributed by atoms with E-state index >= 15 is 0 Å². The van der Waals surface area contributed by atoms with Gasteiger partial charge < -0.3 is 10.2 Å². The maximum atomic E-state index is 12.0. The quantitative estimate of drug-likeness (QED) is 0.925. The monoisotopic (exact) mass is 285 g/mol. The van der Waals surface area contributed by atoms with Crippen molar-refractivity contribution in [3.8, 4) is 6.07 Å². The smallest absolute Gasteiger partial charge is 0.225 e. The number of rotatable bonds is 4. The molecule has 21 heavy (non-hydrogen) atoms. The predicted molar refractivity (Wildman–Crippen MR) is 83.8 cm³/mol. The number of carbonyl (C=O) groups excluding carboxylic acids is 1. The molecule has 2 unspecified atom stereocenters. The van der Waals surface area contributed by atoms with E-state index in [1.165, 1.54) is 6.42 Å². The Balaban J connectivity index is 1.78. The summed E-state index contributed by atoms with van der Waals surface area (Å²) in [5.41, 5.74) is 1.26. The summed E-state index contributed by atoms with van der Waals surface area (Å²) in [5.74, 6) is 1.49. The van der Waals surface area contributed by atoms with Crippen molar-refractivity contribution >= 4 is 11.6 Å². The lowest BCUT2D eigenvalue weighted by Crippen LogP contribution is -2.39. The molecule has 0 radical (unpaired) electrons. The molecule has 0 spiro atoms. The van der Waals surface area contributed by atoms with E-state index in [9.17, 15) is 4.79 Å². The summed E-state index contributed by atoms with van der Waals surface area (Å²) in [6.45, 7) is 7.56. The number of hydrogen-bond donors (Lipinski definition) is 1. The van der Waals surface area contributed by atoms with Crippen LogP contribution in [0.3, 0.4) is 0 Å². The van der Waals surface area contributed by atoms with Gasteiger partial charge in [-0.3, -0.25) is 4.79 Å². The highest BCUT2D eigenvalue weighted by Gasteiger charge is 2.22. The van der Waals surface area contributed by atoms with Gasteiger partial charge in [-0.15, -0.1) is 0 Å². The fourth-order valence-electron chi connectivity index (χ4n) is 2.70. The maximum absolute atomic E-state index is 12.0. The molecule has 1 aromatic carbocycles. The van der Waals surface area contributed by atoms with Gasteiger partial charge in [0.25, 0.3) is 0 Å². The second-order valence-electron chi connectivity index (χ2n) is 6.03. The number of anilines is 1. The van der Waals surface area contributed by atoms with Gasteiger partial charge in [0, 0.05) is 25.2 Å². The van der Waals surface area contributed by atoms with Crippen LogP contribution in [0.4, 0.5) is 5.69 Å². The first-order chi connectivity index (χ1) is 10.1. The molecule has 1 aromatic rings. The van der Waals surface area contributed by atoms with Crippen LogP contribution in [-0.4, -0.2) is 30.4 Å². The van der Waals surface area contributed by atoms with Gasteiger partial charge in [0.1, 0.15) is 0 Å². The number of hydrogen-bond acceptors (Lipinski definition) is 3. The molecule has 0 aromatic heterocycles. The second-order valence-corrected chi connectivity index (χ2v) is 6.03. The van der Waals surface area contributed by atoms with Crippen LogP contribution in [0.15, 0.2) is 24.3 Å². The third kappa shape index (κ3) is 4.57. The van der Waals surface area contributed by atoms with Gasteiger partial charge in [0.2, 0.25) is 5.91 Å². The van der Waals surface area contributed by atoms with Gasteiger partial charge >= 0.3 is 0 Å². The zero-order valence-corrected chi connectivity index (χ0v) is 12.8. The Labute approximate surface area is 126 Å². The van der Waals surface area contributed by atoms with E-state index in [0.29, 0.717) is 23.6 Å². The normalized spacial score (nSPS) is 22.5. The molecule has 112 valence electrons. The van der Waals surface area contributed by atoms with E-state index in [2.05, 4.69) is 30.1 Å². The molecule has 1 N–H and O–H groups in total. The average Bonchev–Trinajstić information content (AvgIpc) is 2.48. The van der Waals surface area contributed by atoms with Crippen LogP contribution in [0.2, 0.25) is 0 Å². The molecule has 1 heterocycles. The summed E-state index contributed by atoms with van der Waals surface area (Å²) >= 11 is 0. The van der Waals surface area contributed by atoms with Gasteiger partial charge in [0.05, 0.1) is 11.6 Å². The Morgan fingerprint density at radius 1 is 1.43 bits per heavy atom. The number of nitriles is 1. The van der Waals surface area contributed by atoms with Crippen LogP contribution in [0.25, 0.3) is 0 Å². The molecular weight excluding hydrogens is 262 g/mol. The van der Waals surface area contributed by atoms with Crippen molar-refractivity contribution in [2.24, 2.45) is 11.8 Å². The van der Waals surface area contributed by atoms with Crippen LogP contribution in [0.5, 0.6) is 0 Å². The van der Waals surface area contributed by atoms with Gasteiger partial charge in [-0.1, -0.05) is 19.9 Å². The largest absolute Gasteiger partial charge is 0.326 e. The van der Waals surface area contributed by atoms with Gasteiger partial charge in [-0.25, -0.2) is 0 Å². The molecule has 1 fully saturated rings. The number of nitrogens with one attached hydrogen (secondary N) is 1. The van der Waals surface area contributed by atoms with Crippen molar-refractivity contribution in [1.29, 1.82) is 5.26 Å². The third-order valence-electron chi connectivity index (χ3n) is 4.35. The third-order valence-corrected chi connectivity index (χ3v) is 4.35. The topological polar surface area (TPSA) is 56.1 Å². The standard InChI is InChI=1S/C17H23N3O/c1-13-6-8-20(12-14(13)2)9-7-17(21)19-16-5-3-4-15(10-16)11-18/h3-5,10,13-14H,6-9,12H2,1-2H3,(H,19,21). The summed E-state index contributed by atoms with van der Waals surface area (Å²) in [6, 6.07) is 9.09. The lowest BCUT2D eigenvalue weighted by Gasteiger charge is -2.35. The molecule has 0 bridgehead atoms. The van der Waals surface area contributed by atoms with E-state index < -0.39 is 0 Å². The molecule has 1 aliphatic heterocycles. The van der Waals surface area contributed by atoms with Crippen LogP contribution in [0, 0.1) is 23.2 Å². The molecule has 1 amide bonds. The van der Waals surface area contributed by atoms with Gasteiger partial charge in [-0.2, -0.15) is 5.26 Å². The van der Waals surface area contributed by atoms with E-state index in [1.807, 2.05) is 6.07 Å². The zero-order valence-electron chi connectivity index (χ0n) is 12.8. The van der Waals surface area contributed by atoms with Crippen molar-refractivity contribution in [1.82, 2.24) is 4.90 Å². The first-order valence-electron chi connectivity index (χ1n) is 7.61.